The third kappa shape index (κ3) is 19.4. The van der Waals surface area contributed by atoms with Gasteiger partial charge in [0, 0.05) is 136 Å². The molecule has 118 heavy (non-hydrogen) atoms. The van der Waals surface area contributed by atoms with Crippen molar-refractivity contribution in [1.29, 1.82) is 15.8 Å². The average Bonchev–Trinajstić information content (AvgIpc) is 0.790. The fourth-order valence-corrected chi connectivity index (χ4v) is 18.1. The van der Waals surface area contributed by atoms with Gasteiger partial charge in [-0.05, 0) is 186 Å². The molecule has 28 nitrogen and oxygen atoms in total. The lowest BCUT2D eigenvalue weighted by Gasteiger charge is -2.42. The maximum absolute atomic E-state index is 14.4. The van der Waals surface area contributed by atoms with E-state index in [4.69, 9.17) is 55.7 Å². The van der Waals surface area contributed by atoms with Crippen molar-refractivity contribution < 1.29 is 33.0 Å². The topological polar surface area (TPSA) is 279 Å². The third-order valence-electron chi connectivity index (χ3n) is 25.0. The molecule has 622 valence electrons. The van der Waals surface area contributed by atoms with Crippen molar-refractivity contribution in [2.24, 2.45) is 0 Å². The molecule has 9 aliphatic heterocycles. The van der Waals surface area contributed by atoms with Crippen LogP contribution in [0.15, 0.2) is 74.1 Å². The summed E-state index contributed by atoms with van der Waals surface area (Å²) >= 11 is 6.38. The van der Waals surface area contributed by atoms with Crippen molar-refractivity contribution in [3.05, 3.63) is 141 Å². The molecule has 0 bridgehead atoms. The lowest BCUT2D eigenvalue weighted by Crippen LogP contribution is -2.55. The predicted molar refractivity (Wildman–Crippen MR) is 453 cm³/mol. The Balaban J connectivity index is 0.000000153. The second-order valence-corrected chi connectivity index (χ2v) is 32.5. The molecule has 4 aromatic heterocycles. The summed E-state index contributed by atoms with van der Waals surface area (Å²) in [5, 5.41) is 29.1. The molecule has 13 heterocycles. The van der Waals surface area contributed by atoms with Gasteiger partial charge in [0.15, 0.2) is 0 Å². The number of hydrogen-bond donors (Lipinski definition) is 0. The van der Waals surface area contributed by atoms with Crippen LogP contribution in [0.2, 0.25) is 5.02 Å². The summed E-state index contributed by atoms with van der Waals surface area (Å²) in [5.74, 6) is 7.11. The van der Waals surface area contributed by atoms with Gasteiger partial charge in [0.05, 0.1) is 109 Å². The summed E-state index contributed by atoms with van der Waals surface area (Å²) in [6.45, 7) is 30.8. The van der Waals surface area contributed by atoms with Crippen molar-refractivity contribution in [1.82, 2.24) is 64.3 Å². The number of aromatic nitrogens is 7. The van der Waals surface area contributed by atoms with Gasteiger partial charge in [-0.1, -0.05) is 48.9 Å². The summed E-state index contributed by atoms with van der Waals surface area (Å²) in [5.41, 5.74) is 13.3. The number of benzene rings is 2. The minimum Gasteiger partial charge on any atom is -0.462 e. The summed E-state index contributed by atoms with van der Waals surface area (Å²) in [4.78, 5) is 96.9. The SMILES string of the molecule is C=CC(=O)N1CCN(c2nc(OC[C@@H]3CCCN3C)nc3c2CCN(c2cccc(F)c2C)C3)C[C@@H]1CC#N.C=CC(=O)N1CCN(c2nc(OC[C@@H]3CCCN3C)nc3c2CCN(c2cncc(Cl)c2C)C3)C[C@@H]1CC#N.CC#CC(=O)N1CCN(c2nc(OC[C@@H]3CCCN3C)nc3c2CCN(c2cccc(C)c2C)C3)C[C@@H]1CC#N. The van der Waals surface area contributed by atoms with Crippen LogP contribution in [0.1, 0.15) is 121 Å². The Labute approximate surface area is 698 Å². The number of pyridine rings is 1. The number of carbonyl (C=O) groups is 3. The van der Waals surface area contributed by atoms with E-state index in [-0.39, 0.29) is 60.9 Å². The van der Waals surface area contributed by atoms with Crippen LogP contribution in [0.25, 0.3) is 0 Å². The van der Waals surface area contributed by atoms with Crippen molar-refractivity contribution >= 4 is 63.8 Å². The minimum absolute atomic E-state index is 0.148. The molecular weight excluding hydrogens is 1520 g/mol. The van der Waals surface area contributed by atoms with Gasteiger partial charge in [-0.3, -0.25) is 19.4 Å². The number of halogens is 2. The van der Waals surface area contributed by atoms with E-state index in [1.165, 1.54) is 41.5 Å². The molecule has 6 atom stereocenters. The maximum atomic E-state index is 14.4. The highest BCUT2D eigenvalue weighted by Crippen LogP contribution is 2.39. The molecule has 0 spiro atoms. The van der Waals surface area contributed by atoms with Crippen molar-refractivity contribution in [2.45, 2.75) is 168 Å². The number of aryl methyl sites for hydroxylation is 1. The average molecular weight is 1630 g/mol. The fraction of sp³-hybridized carbons (Fsp3) is 0.534. The monoisotopic (exact) mass is 1620 g/mol. The number of piperazine rings is 3. The number of ether oxygens (including phenoxy) is 3. The van der Waals surface area contributed by atoms with E-state index >= 15 is 0 Å². The first-order chi connectivity index (χ1) is 57.2. The Morgan fingerprint density at radius 3 is 1.27 bits per heavy atom. The standard InChI is InChI=1S/C31H39N7O2.C29H36FN7O2.C28H35ClN8O2/c1-5-8-29(39)38-18-17-37(19-24(38)12-14-32)30-26-13-16-36(28-11-6-9-22(2)23(28)3)20-27(26)33-31(34-30)40-21-25-10-7-15-35(25)4;1-4-27(38)37-16-15-36(17-21(37)10-12-31)28-23-11-14-35(26-9-5-8-24(30)20(26)2)18-25(23)32-29(33-28)39-19-22-7-6-13-34(22)3;1-4-26(38)37-13-12-36(16-20(37)7-9-30)27-22-8-11-35(25-15-31-14-23(29)19(25)2)17-24(22)32-28(33-27)39-18-21-6-5-10-34(21)3/h6,9,11,24-25H,7,10,12-13,15-21H2,1-4H3;4-5,8-9,21-22H,1,6-7,10-11,13-19H2,2-3H3;4,14-15,20-21H,1,5-8,10-13,16-18H2,2-3H3/t24-,25-;21-,22-;20-,21-/m000/s1. The van der Waals surface area contributed by atoms with E-state index in [1.54, 1.807) is 40.8 Å². The Bertz CT molecular complexity index is 4670. The quantitative estimate of drug-likeness (QED) is 0.0508. The molecule has 6 fully saturated rings. The molecule has 6 saturated heterocycles. The molecule has 2 aromatic carbocycles. The van der Waals surface area contributed by atoms with Gasteiger partial charge in [-0.2, -0.15) is 45.7 Å². The van der Waals surface area contributed by atoms with Gasteiger partial charge in [0.2, 0.25) is 11.8 Å². The van der Waals surface area contributed by atoms with Gasteiger partial charge in [0.1, 0.15) is 43.1 Å². The number of nitriles is 3. The zero-order chi connectivity index (χ0) is 83.3. The van der Waals surface area contributed by atoms with Crippen LogP contribution in [0, 0.1) is 79.3 Å². The third-order valence-corrected chi connectivity index (χ3v) is 25.4. The van der Waals surface area contributed by atoms with Crippen LogP contribution in [0.3, 0.4) is 0 Å². The van der Waals surface area contributed by atoms with E-state index in [9.17, 15) is 34.6 Å². The normalized spacial score (nSPS) is 21.3. The van der Waals surface area contributed by atoms with Gasteiger partial charge in [-0.25, -0.2) is 4.39 Å². The number of fused-ring (bicyclic) bond motifs is 3. The van der Waals surface area contributed by atoms with E-state index in [2.05, 4.69) is 145 Å². The molecular formula is C88H110ClFN22O6. The van der Waals surface area contributed by atoms with E-state index < -0.39 is 0 Å². The van der Waals surface area contributed by atoms with Gasteiger partial charge < -0.3 is 73.0 Å². The highest BCUT2D eigenvalue weighted by Gasteiger charge is 2.39. The first-order valence-corrected chi connectivity index (χ1v) is 41.9. The number of hydrogen-bond acceptors (Lipinski definition) is 25. The second-order valence-electron chi connectivity index (χ2n) is 32.1. The number of likely N-dealkylation sites (N-methyl/N-ethyl adjacent to an activating group) is 3. The molecule has 0 radical (unpaired) electrons. The Kier molecular flexibility index (Phi) is 28.1. The van der Waals surface area contributed by atoms with Gasteiger partial charge in [0.25, 0.3) is 5.91 Å². The summed E-state index contributed by atoms with van der Waals surface area (Å²) in [7, 11) is 6.37. The van der Waals surface area contributed by atoms with Crippen LogP contribution in [-0.4, -0.2) is 257 Å². The summed E-state index contributed by atoms with van der Waals surface area (Å²) in [6, 6.07) is 19.8. The molecule has 15 rings (SSSR count). The Morgan fingerprint density at radius 2 is 0.881 bits per heavy atom. The lowest BCUT2D eigenvalue weighted by molar-refractivity contribution is -0.129. The molecule has 0 N–H and O–H groups in total. The Morgan fingerprint density at radius 1 is 0.492 bits per heavy atom. The first-order valence-electron chi connectivity index (χ1n) is 41.5. The zero-order valence-electron chi connectivity index (χ0n) is 69.5. The van der Waals surface area contributed by atoms with Crippen LogP contribution in [-0.2, 0) is 53.3 Å². The Hall–Kier alpha value is -11.0. The predicted octanol–water partition coefficient (Wildman–Crippen LogP) is 9.15. The van der Waals surface area contributed by atoms with Crippen LogP contribution >= 0.6 is 11.6 Å². The van der Waals surface area contributed by atoms with Crippen LogP contribution in [0.5, 0.6) is 18.0 Å². The highest BCUT2D eigenvalue weighted by atomic mass is 35.5. The maximum Gasteiger partial charge on any atom is 0.318 e. The number of amides is 3. The van der Waals surface area contributed by atoms with Crippen LogP contribution < -0.4 is 43.6 Å². The summed E-state index contributed by atoms with van der Waals surface area (Å²) < 4.78 is 33.0. The van der Waals surface area contributed by atoms with Crippen molar-refractivity contribution in [2.75, 3.05) is 169 Å². The minimum atomic E-state index is -0.258. The van der Waals surface area contributed by atoms with E-state index in [1.807, 2.05) is 19.2 Å². The second kappa shape index (κ2) is 39.1. The molecule has 30 heteroatoms. The van der Waals surface area contributed by atoms with Crippen LogP contribution in [0.4, 0.5) is 38.9 Å². The number of likely N-dealkylation sites (tertiary alicyclic amines) is 3. The smallest absolute Gasteiger partial charge is 0.318 e. The van der Waals surface area contributed by atoms with E-state index in [0.29, 0.717) is 158 Å². The molecule has 0 saturated carbocycles. The molecule has 9 aliphatic rings. The van der Waals surface area contributed by atoms with Gasteiger partial charge in [-0.15, -0.1) is 0 Å². The summed E-state index contributed by atoms with van der Waals surface area (Å²) in [6.07, 6.45) is 15.9. The first kappa shape index (κ1) is 84.9. The number of carbonyl (C=O) groups excluding carboxylic acids is 3. The number of anilines is 6. The van der Waals surface area contributed by atoms with E-state index in [0.717, 1.165) is 146 Å². The number of nitrogens with zero attached hydrogens (tertiary/aromatic N) is 22. The molecule has 3 amide bonds. The van der Waals surface area contributed by atoms with Crippen molar-refractivity contribution in [3.8, 4) is 48.1 Å². The highest BCUT2D eigenvalue weighted by molar-refractivity contribution is 6.31. The molecule has 0 unspecified atom stereocenters. The largest absolute Gasteiger partial charge is 0.462 e. The van der Waals surface area contributed by atoms with Crippen molar-refractivity contribution in [3.63, 3.8) is 0 Å². The molecule has 6 aromatic rings. The lowest BCUT2D eigenvalue weighted by atomic mass is 10.0. The number of rotatable bonds is 20. The fourth-order valence-electron chi connectivity index (χ4n) is 17.9. The van der Waals surface area contributed by atoms with Gasteiger partial charge >= 0.3 is 18.0 Å². The zero-order valence-corrected chi connectivity index (χ0v) is 70.3. The molecule has 0 aliphatic carbocycles.